The lowest BCUT2D eigenvalue weighted by Crippen LogP contribution is -2.34. The second-order valence-corrected chi connectivity index (χ2v) is 7.53. The molecule has 1 amide bonds. The number of nitrogens with two attached hydrogens (primary N) is 1. The summed E-state index contributed by atoms with van der Waals surface area (Å²) in [6.07, 6.45) is 3.93. The highest BCUT2D eigenvalue weighted by Gasteiger charge is 2.13. The minimum absolute atomic E-state index is 0.231. The van der Waals surface area contributed by atoms with E-state index in [4.69, 9.17) is 5.73 Å². The molecule has 2 unspecified atom stereocenters. The number of rotatable bonds is 8. The molecule has 0 aromatic heterocycles. The van der Waals surface area contributed by atoms with Crippen LogP contribution in [0.5, 0.6) is 0 Å². The normalized spacial score (nSPS) is 13.2. The van der Waals surface area contributed by atoms with Crippen LogP contribution in [0.25, 0.3) is 0 Å². The molecule has 2 aromatic rings. The first-order chi connectivity index (χ1) is 12.0. The summed E-state index contributed by atoms with van der Waals surface area (Å²) in [5, 5.41) is 2.77. The lowest BCUT2D eigenvalue weighted by molar-refractivity contribution is -0.117. The quantitative estimate of drug-likeness (QED) is 0.752. The zero-order valence-electron chi connectivity index (χ0n) is 14.8. The summed E-state index contributed by atoms with van der Waals surface area (Å²) in [7, 11) is -1.28. The third-order valence-corrected chi connectivity index (χ3v) is 5.43. The Labute approximate surface area is 152 Å². The Morgan fingerprint density at radius 1 is 1.12 bits per heavy atom. The zero-order chi connectivity index (χ0) is 18.2. The van der Waals surface area contributed by atoms with Crippen LogP contribution in [0.4, 0.5) is 5.69 Å². The highest BCUT2D eigenvalue weighted by atomic mass is 32.2. The summed E-state index contributed by atoms with van der Waals surface area (Å²) < 4.78 is 12.8. The molecule has 2 aromatic carbocycles. The van der Waals surface area contributed by atoms with Crippen molar-refractivity contribution < 1.29 is 9.00 Å². The van der Waals surface area contributed by atoms with E-state index in [0.29, 0.717) is 17.0 Å². The molecule has 0 radical (unpaired) electrons. The van der Waals surface area contributed by atoms with Crippen LogP contribution in [-0.2, 0) is 22.0 Å². The van der Waals surface area contributed by atoms with Crippen LogP contribution < -0.4 is 11.1 Å². The first kappa shape index (κ1) is 19.3. The Bertz CT molecular complexity index is 729. The molecule has 3 N–H and O–H groups in total. The van der Waals surface area contributed by atoms with Gasteiger partial charge in [-0.15, -0.1) is 0 Å². The van der Waals surface area contributed by atoms with E-state index < -0.39 is 16.8 Å². The van der Waals surface area contributed by atoms with Gasteiger partial charge in [-0.05, 0) is 55.2 Å². The zero-order valence-corrected chi connectivity index (χ0v) is 15.6. The monoisotopic (exact) mass is 358 g/mol. The maximum Gasteiger partial charge on any atom is 0.241 e. The van der Waals surface area contributed by atoms with Crippen molar-refractivity contribution in [1.29, 1.82) is 0 Å². The van der Waals surface area contributed by atoms with Crippen molar-refractivity contribution in [2.24, 2.45) is 5.73 Å². The fraction of sp³-hybridized carbons (Fsp3) is 0.350. The van der Waals surface area contributed by atoms with Gasteiger partial charge in [-0.2, -0.15) is 0 Å². The van der Waals surface area contributed by atoms with Crippen molar-refractivity contribution in [1.82, 2.24) is 0 Å². The van der Waals surface area contributed by atoms with E-state index in [1.807, 2.05) is 31.2 Å². The summed E-state index contributed by atoms with van der Waals surface area (Å²) in [6, 6.07) is 14.5. The van der Waals surface area contributed by atoms with Crippen LogP contribution in [-0.4, -0.2) is 16.2 Å². The largest absolute Gasteiger partial charge is 0.325 e. The van der Waals surface area contributed by atoms with Crippen molar-refractivity contribution in [3.63, 3.8) is 0 Å². The van der Waals surface area contributed by atoms with Crippen molar-refractivity contribution in [3.8, 4) is 0 Å². The first-order valence-corrected chi connectivity index (χ1v) is 9.87. The molecule has 4 nitrogen and oxygen atoms in total. The van der Waals surface area contributed by atoms with E-state index in [2.05, 4.69) is 12.2 Å². The first-order valence-electron chi connectivity index (χ1n) is 8.72. The van der Waals surface area contributed by atoms with E-state index in [-0.39, 0.29) is 5.91 Å². The molecule has 0 saturated heterocycles. The second-order valence-electron chi connectivity index (χ2n) is 6.05. The number of carbonyl (C=O) groups excluding carboxylic acids is 1. The van der Waals surface area contributed by atoms with E-state index in [9.17, 15) is 9.00 Å². The SMILES string of the molecule is CCCCc1ccc(S(=O)c2cccc(NC(=O)C(N)CC)c2)cc1. The lowest BCUT2D eigenvalue weighted by atomic mass is 10.1. The van der Waals surface area contributed by atoms with Gasteiger partial charge in [-0.25, -0.2) is 4.21 Å². The van der Waals surface area contributed by atoms with Gasteiger partial charge in [-0.3, -0.25) is 4.79 Å². The number of hydrogen-bond acceptors (Lipinski definition) is 3. The molecule has 0 aliphatic rings. The molecule has 2 atom stereocenters. The highest BCUT2D eigenvalue weighted by Crippen LogP contribution is 2.21. The molecule has 2 rings (SSSR count). The van der Waals surface area contributed by atoms with Crippen molar-refractivity contribution in [3.05, 3.63) is 54.1 Å². The average molecular weight is 359 g/mol. The fourth-order valence-corrected chi connectivity index (χ4v) is 3.50. The van der Waals surface area contributed by atoms with Crippen LogP contribution in [0, 0.1) is 0 Å². The number of nitrogens with one attached hydrogen (secondary N) is 1. The summed E-state index contributed by atoms with van der Waals surface area (Å²) >= 11 is 0. The third-order valence-electron chi connectivity index (χ3n) is 4.05. The number of amides is 1. The number of benzene rings is 2. The fourth-order valence-electron chi connectivity index (χ4n) is 2.41. The van der Waals surface area contributed by atoms with Crippen molar-refractivity contribution >= 4 is 22.4 Å². The van der Waals surface area contributed by atoms with Gasteiger partial charge in [-0.1, -0.05) is 38.5 Å². The second kappa shape index (κ2) is 9.49. The minimum Gasteiger partial charge on any atom is -0.325 e. The van der Waals surface area contributed by atoms with Crippen LogP contribution in [0.2, 0.25) is 0 Å². The standard InChI is InChI=1S/C20H26N2O2S/c1-3-5-7-15-10-12-17(13-11-15)25(24)18-9-6-8-16(14-18)22-20(23)19(21)4-2/h6,8-14,19H,3-5,7,21H2,1-2H3,(H,22,23). The van der Waals surface area contributed by atoms with E-state index in [1.54, 1.807) is 24.3 Å². The van der Waals surface area contributed by atoms with Gasteiger partial charge in [0.2, 0.25) is 5.91 Å². The van der Waals surface area contributed by atoms with Crippen LogP contribution in [0.1, 0.15) is 38.7 Å². The molecule has 0 spiro atoms. The topological polar surface area (TPSA) is 72.2 Å². The molecule has 0 bridgehead atoms. The summed E-state index contributed by atoms with van der Waals surface area (Å²) in [5.74, 6) is -0.231. The molecular weight excluding hydrogens is 332 g/mol. The predicted octanol–water partition coefficient (Wildman–Crippen LogP) is 3.87. The summed E-state index contributed by atoms with van der Waals surface area (Å²) in [6.45, 7) is 4.03. The lowest BCUT2D eigenvalue weighted by Gasteiger charge is -2.11. The van der Waals surface area contributed by atoms with Gasteiger partial charge < -0.3 is 11.1 Å². The minimum atomic E-state index is -1.28. The van der Waals surface area contributed by atoms with Crippen LogP contribution in [0.3, 0.4) is 0 Å². The smallest absolute Gasteiger partial charge is 0.241 e. The van der Waals surface area contributed by atoms with Gasteiger partial charge in [0.15, 0.2) is 0 Å². The van der Waals surface area contributed by atoms with Crippen LogP contribution >= 0.6 is 0 Å². The third kappa shape index (κ3) is 5.51. The summed E-state index contributed by atoms with van der Waals surface area (Å²) in [5.41, 5.74) is 7.60. The molecule has 5 heteroatoms. The molecule has 134 valence electrons. The number of hydrogen-bond donors (Lipinski definition) is 2. The molecule has 0 aliphatic carbocycles. The number of anilines is 1. The van der Waals surface area contributed by atoms with E-state index >= 15 is 0 Å². The van der Waals surface area contributed by atoms with Crippen molar-refractivity contribution in [2.45, 2.75) is 55.4 Å². The molecule has 0 aliphatic heterocycles. The Morgan fingerprint density at radius 3 is 2.48 bits per heavy atom. The van der Waals surface area contributed by atoms with E-state index in [1.165, 1.54) is 5.56 Å². The van der Waals surface area contributed by atoms with Gasteiger partial charge in [0, 0.05) is 15.5 Å². The van der Waals surface area contributed by atoms with Gasteiger partial charge in [0.25, 0.3) is 0 Å². The Morgan fingerprint density at radius 2 is 1.84 bits per heavy atom. The Balaban J connectivity index is 2.11. The van der Waals surface area contributed by atoms with Gasteiger partial charge in [0.05, 0.1) is 16.8 Å². The van der Waals surface area contributed by atoms with Crippen molar-refractivity contribution in [2.75, 3.05) is 5.32 Å². The Kier molecular flexibility index (Phi) is 7.34. The molecule has 0 fully saturated rings. The molecular formula is C20H26N2O2S. The number of unbranched alkanes of at least 4 members (excludes halogenated alkanes) is 1. The average Bonchev–Trinajstić information content (AvgIpc) is 2.65. The number of carbonyl (C=O) groups is 1. The Hall–Kier alpha value is -1.98. The summed E-state index contributed by atoms with van der Waals surface area (Å²) in [4.78, 5) is 13.3. The number of aryl methyl sites for hydroxylation is 1. The molecule has 0 heterocycles. The van der Waals surface area contributed by atoms with E-state index in [0.717, 1.165) is 24.2 Å². The highest BCUT2D eigenvalue weighted by molar-refractivity contribution is 7.85. The van der Waals surface area contributed by atoms with Gasteiger partial charge in [0.1, 0.15) is 0 Å². The maximum atomic E-state index is 12.8. The molecule has 0 saturated carbocycles. The van der Waals surface area contributed by atoms with Gasteiger partial charge >= 0.3 is 0 Å². The van der Waals surface area contributed by atoms with Crippen LogP contribution in [0.15, 0.2) is 58.3 Å². The predicted molar refractivity (Wildman–Crippen MR) is 103 cm³/mol. The molecule has 25 heavy (non-hydrogen) atoms. The maximum absolute atomic E-state index is 12.8.